The largest absolute Gasteiger partial charge is 0.364 e. The monoisotopic (exact) mass is 360 g/mol. The van der Waals surface area contributed by atoms with Crippen molar-refractivity contribution in [1.29, 1.82) is 0 Å². The van der Waals surface area contributed by atoms with Gasteiger partial charge < -0.3 is 9.30 Å². The molecule has 0 amide bonds. The predicted molar refractivity (Wildman–Crippen MR) is 104 cm³/mol. The highest BCUT2D eigenvalue weighted by molar-refractivity contribution is 5.60. The van der Waals surface area contributed by atoms with Gasteiger partial charge in [-0.05, 0) is 31.0 Å². The summed E-state index contributed by atoms with van der Waals surface area (Å²) >= 11 is 0. The minimum absolute atomic E-state index is 0.123. The van der Waals surface area contributed by atoms with Gasteiger partial charge in [0.15, 0.2) is 0 Å². The molecule has 138 valence electrons. The maximum absolute atomic E-state index is 6.34. The van der Waals surface area contributed by atoms with Gasteiger partial charge in [-0.2, -0.15) is 0 Å². The van der Waals surface area contributed by atoms with Crippen LogP contribution in [-0.4, -0.2) is 38.1 Å². The van der Waals surface area contributed by atoms with Gasteiger partial charge in [-0.25, -0.2) is 4.98 Å². The highest BCUT2D eigenvalue weighted by atomic mass is 16.5. The van der Waals surface area contributed by atoms with Crippen LogP contribution in [0.2, 0.25) is 0 Å². The second kappa shape index (κ2) is 6.59. The lowest BCUT2D eigenvalue weighted by Gasteiger charge is -2.35. The van der Waals surface area contributed by atoms with Crippen LogP contribution in [0.15, 0.2) is 54.9 Å². The number of aryl methyl sites for hydroxylation is 1. The van der Waals surface area contributed by atoms with E-state index < -0.39 is 0 Å². The van der Waals surface area contributed by atoms with Crippen LogP contribution in [0.3, 0.4) is 0 Å². The van der Waals surface area contributed by atoms with Gasteiger partial charge in [0, 0.05) is 25.8 Å². The molecular weight excluding hydrogens is 336 g/mol. The maximum atomic E-state index is 6.34. The van der Waals surface area contributed by atoms with E-state index in [0.717, 1.165) is 44.1 Å². The van der Waals surface area contributed by atoms with Crippen molar-refractivity contribution in [1.82, 2.24) is 19.4 Å². The maximum Gasteiger partial charge on any atom is 0.135 e. The summed E-state index contributed by atoms with van der Waals surface area (Å²) in [6, 6.07) is 14.8. The second-order valence-electron chi connectivity index (χ2n) is 7.77. The normalized spacial score (nSPS) is 22.3. The van der Waals surface area contributed by atoms with E-state index in [1.165, 1.54) is 16.8 Å². The molecule has 1 spiro atoms. The summed E-state index contributed by atoms with van der Waals surface area (Å²) in [5.74, 6) is 1.03. The van der Waals surface area contributed by atoms with Gasteiger partial charge in [0.25, 0.3) is 0 Å². The topological polar surface area (TPSA) is 43.2 Å². The Labute approximate surface area is 159 Å². The number of hydrogen-bond acceptors (Lipinski definition) is 4. The summed E-state index contributed by atoms with van der Waals surface area (Å²) in [6.07, 6.45) is 4.90. The van der Waals surface area contributed by atoms with Gasteiger partial charge in [0.05, 0.1) is 24.1 Å². The number of rotatable bonds is 3. The van der Waals surface area contributed by atoms with E-state index in [9.17, 15) is 0 Å². The first kappa shape index (κ1) is 16.7. The Morgan fingerprint density at radius 3 is 2.78 bits per heavy atom. The Morgan fingerprint density at radius 2 is 1.96 bits per heavy atom. The van der Waals surface area contributed by atoms with E-state index in [-0.39, 0.29) is 5.60 Å². The number of likely N-dealkylation sites (tertiary alicyclic amines) is 1. The Morgan fingerprint density at radius 1 is 1.07 bits per heavy atom. The lowest BCUT2D eigenvalue weighted by atomic mass is 10.0. The zero-order valence-electron chi connectivity index (χ0n) is 15.6. The third-order valence-electron chi connectivity index (χ3n) is 5.75. The molecule has 5 nitrogen and oxygen atoms in total. The molecule has 0 N–H and O–H groups in total. The summed E-state index contributed by atoms with van der Waals surface area (Å²) in [7, 11) is 0. The molecule has 0 aliphatic carbocycles. The molecule has 3 aromatic rings. The van der Waals surface area contributed by atoms with E-state index in [0.29, 0.717) is 6.61 Å². The van der Waals surface area contributed by atoms with Crippen LogP contribution in [0.4, 0.5) is 0 Å². The Hall–Kier alpha value is -2.50. The summed E-state index contributed by atoms with van der Waals surface area (Å²) in [5.41, 5.74) is 4.68. The van der Waals surface area contributed by atoms with E-state index in [4.69, 9.17) is 4.74 Å². The van der Waals surface area contributed by atoms with E-state index in [2.05, 4.69) is 62.8 Å². The van der Waals surface area contributed by atoms with Gasteiger partial charge in [-0.15, -0.1) is 0 Å². The lowest BCUT2D eigenvalue weighted by molar-refractivity contribution is -0.0821. The molecule has 1 atom stereocenters. The van der Waals surface area contributed by atoms with Crippen molar-refractivity contribution in [2.24, 2.45) is 0 Å². The summed E-state index contributed by atoms with van der Waals surface area (Å²) in [5, 5.41) is 0. The van der Waals surface area contributed by atoms with Crippen LogP contribution in [0.1, 0.15) is 23.5 Å². The fraction of sp³-hybridized carbons (Fsp3) is 0.364. The first-order chi connectivity index (χ1) is 13.2. The van der Waals surface area contributed by atoms with Crippen molar-refractivity contribution in [2.75, 3.05) is 13.1 Å². The molecule has 0 saturated carbocycles. The van der Waals surface area contributed by atoms with Crippen LogP contribution in [-0.2, 0) is 24.4 Å². The third-order valence-corrected chi connectivity index (χ3v) is 5.75. The van der Waals surface area contributed by atoms with Gasteiger partial charge in [-0.3, -0.25) is 9.88 Å². The molecule has 1 saturated heterocycles. The third kappa shape index (κ3) is 3.17. The van der Waals surface area contributed by atoms with Crippen molar-refractivity contribution in [3.05, 3.63) is 71.9 Å². The quantitative estimate of drug-likeness (QED) is 0.718. The van der Waals surface area contributed by atoms with E-state index in [1.54, 1.807) is 0 Å². The van der Waals surface area contributed by atoms with Crippen molar-refractivity contribution in [2.45, 2.75) is 38.6 Å². The molecule has 2 aliphatic rings. The Balaban J connectivity index is 1.36. The van der Waals surface area contributed by atoms with Crippen molar-refractivity contribution in [3.8, 4) is 11.3 Å². The number of fused-ring (bicyclic) bond motifs is 1. The van der Waals surface area contributed by atoms with Crippen molar-refractivity contribution >= 4 is 0 Å². The molecule has 1 unspecified atom stereocenters. The average Bonchev–Trinajstić information content (AvgIpc) is 3.28. The first-order valence-electron chi connectivity index (χ1n) is 9.59. The highest BCUT2D eigenvalue weighted by Gasteiger charge is 2.43. The summed E-state index contributed by atoms with van der Waals surface area (Å²) in [4.78, 5) is 11.5. The smallest absolute Gasteiger partial charge is 0.135 e. The van der Waals surface area contributed by atoms with Crippen LogP contribution >= 0.6 is 0 Å². The summed E-state index contributed by atoms with van der Waals surface area (Å²) < 4.78 is 8.70. The minimum atomic E-state index is -0.123. The highest BCUT2D eigenvalue weighted by Crippen LogP contribution is 2.35. The molecule has 4 heterocycles. The SMILES string of the molecule is Cc1ccc(-c2cnc3n2CC2(CCN(Cc4ccccn4)C2)OC3)cc1. The molecule has 5 heteroatoms. The number of ether oxygens (including phenoxy) is 1. The van der Waals surface area contributed by atoms with Crippen LogP contribution < -0.4 is 0 Å². The zero-order valence-corrected chi connectivity index (χ0v) is 15.6. The molecule has 1 fully saturated rings. The number of pyridine rings is 1. The van der Waals surface area contributed by atoms with Crippen molar-refractivity contribution in [3.63, 3.8) is 0 Å². The first-order valence-corrected chi connectivity index (χ1v) is 9.59. The van der Waals surface area contributed by atoms with Gasteiger partial charge in [-0.1, -0.05) is 35.9 Å². The van der Waals surface area contributed by atoms with Gasteiger partial charge in [0.2, 0.25) is 0 Å². The van der Waals surface area contributed by atoms with Crippen LogP contribution in [0, 0.1) is 6.92 Å². The minimum Gasteiger partial charge on any atom is -0.364 e. The zero-order chi connectivity index (χ0) is 18.3. The second-order valence-corrected chi connectivity index (χ2v) is 7.77. The molecule has 27 heavy (non-hydrogen) atoms. The molecule has 1 aromatic carbocycles. The fourth-order valence-corrected chi connectivity index (χ4v) is 4.24. The number of imidazole rings is 1. The Kier molecular flexibility index (Phi) is 4.06. The Bertz CT molecular complexity index is 935. The molecule has 2 aromatic heterocycles. The summed E-state index contributed by atoms with van der Waals surface area (Å²) in [6.45, 7) is 6.43. The number of nitrogens with zero attached hydrogens (tertiary/aromatic N) is 4. The number of benzene rings is 1. The number of hydrogen-bond donors (Lipinski definition) is 0. The van der Waals surface area contributed by atoms with E-state index >= 15 is 0 Å². The average molecular weight is 360 g/mol. The molecule has 0 radical (unpaired) electrons. The fourth-order valence-electron chi connectivity index (χ4n) is 4.24. The lowest BCUT2D eigenvalue weighted by Crippen LogP contribution is -2.44. The van der Waals surface area contributed by atoms with Crippen molar-refractivity contribution < 1.29 is 4.74 Å². The van der Waals surface area contributed by atoms with Crippen LogP contribution in [0.25, 0.3) is 11.3 Å². The van der Waals surface area contributed by atoms with E-state index in [1.807, 2.05) is 18.5 Å². The molecule has 0 bridgehead atoms. The molecule has 2 aliphatic heterocycles. The van der Waals surface area contributed by atoms with Gasteiger partial charge >= 0.3 is 0 Å². The predicted octanol–water partition coefficient (Wildman–Crippen LogP) is 3.43. The number of aromatic nitrogens is 3. The van der Waals surface area contributed by atoms with Crippen LogP contribution in [0.5, 0.6) is 0 Å². The molecular formula is C22H24N4O. The molecule has 5 rings (SSSR count). The van der Waals surface area contributed by atoms with Gasteiger partial charge in [0.1, 0.15) is 18.0 Å². The standard InChI is InChI=1S/C22H24N4O/c1-17-5-7-18(8-6-17)20-12-24-21-14-27-22(16-26(20)21)9-11-25(15-22)13-19-4-2-3-10-23-19/h2-8,10,12H,9,11,13-16H2,1H3.